The third-order valence-electron chi connectivity index (χ3n) is 1.78. The van der Waals surface area contributed by atoms with Crippen molar-refractivity contribution in [3.8, 4) is 6.07 Å². The van der Waals surface area contributed by atoms with E-state index in [4.69, 9.17) is 10.4 Å². The average Bonchev–Trinajstić information content (AvgIpc) is 2.55. The quantitative estimate of drug-likeness (QED) is 0.191. The summed E-state index contributed by atoms with van der Waals surface area (Å²) in [4.78, 5) is 30.8. The molecular formula is C16H23NO6. The molecule has 0 bridgehead atoms. The molecule has 23 heavy (non-hydrogen) atoms. The summed E-state index contributed by atoms with van der Waals surface area (Å²) in [5.74, 6) is -2.56. The molecule has 0 amide bonds. The number of carbonyl (C=O) groups excluding carboxylic acids is 2. The molecule has 0 saturated carbocycles. The fourth-order valence-corrected chi connectivity index (χ4v) is 0.682. The molecule has 0 atom stereocenters. The smallest absolute Gasteiger partial charge is 0.344 e. The highest BCUT2D eigenvalue weighted by molar-refractivity contribution is 6.12. The lowest BCUT2D eigenvalue weighted by Gasteiger charge is -1.98. The van der Waals surface area contributed by atoms with Crippen LogP contribution in [0.3, 0.4) is 0 Å². The number of nitriles is 1. The lowest BCUT2D eigenvalue weighted by atomic mass is 10.3. The number of aliphatic carboxylic acids is 1. The van der Waals surface area contributed by atoms with Crippen molar-refractivity contribution in [2.75, 3.05) is 13.2 Å². The Labute approximate surface area is 136 Å². The summed E-state index contributed by atoms with van der Waals surface area (Å²) in [6.45, 7) is 13.7. The van der Waals surface area contributed by atoms with Gasteiger partial charge in [-0.25, -0.2) is 14.4 Å². The molecule has 7 heteroatoms. The Kier molecular flexibility index (Phi) is 20.9. The van der Waals surface area contributed by atoms with E-state index in [1.54, 1.807) is 13.0 Å². The van der Waals surface area contributed by atoms with Gasteiger partial charge in [0, 0.05) is 12.2 Å². The summed E-state index contributed by atoms with van der Waals surface area (Å²) in [5, 5.41) is 15.7. The molecule has 0 aliphatic carbocycles. The SMILES string of the molecule is C=C(C(=O)O)C(=O)OCC.C=CC#N.C=CC(=O)OCCCC. The van der Waals surface area contributed by atoms with Crippen LogP contribution in [0, 0.1) is 11.3 Å². The maximum atomic E-state index is 10.5. The number of carbonyl (C=O) groups is 3. The minimum absolute atomic E-state index is 0.158. The molecule has 1 N–H and O–H groups in total. The Morgan fingerprint density at radius 3 is 2.04 bits per heavy atom. The molecule has 0 saturated heterocycles. The topological polar surface area (TPSA) is 114 Å². The number of unbranched alkanes of at least 4 members (excludes halogenated alkanes) is 1. The van der Waals surface area contributed by atoms with Gasteiger partial charge in [0.25, 0.3) is 0 Å². The molecule has 0 aromatic rings. The third-order valence-corrected chi connectivity index (χ3v) is 1.78. The molecule has 0 unspecified atom stereocenters. The highest BCUT2D eigenvalue weighted by Crippen LogP contribution is 1.93. The molecule has 0 aliphatic heterocycles. The van der Waals surface area contributed by atoms with E-state index in [2.05, 4.69) is 29.2 Å². The van der Waals surface area contributed by atoms with Crippen LogP contribution in [0.15, 0.2) is 37.5 Å². The van der Waals surface area contributed by atoms with Crippen molar-refractivity contribution in [3.63, 3.8) is 0 Å². The highest BCUT2D eigenvalue weighted by Gasteiger charge is 2.14. The summed E-state index contributed by atoms with van der Waals surface area (Å²) in [6, 6.07) is 1.69. The van der Waals surface area contributed by atoms with Crippen molar-refractivity contribution in [1.82, 2.24) is 0 Å². The molecule has 0 radical (unpaired) electrons. The van der Waals surface area contributed by atoms with Crippen LogP contribution in [0.2, 0.25) is 0 Å². The molecule has 0 spiro atoms. The summed E-state index contributed by atoms with van der Waals surface area (Å²) < 4.78 is 9.02. The lowest BCUT2D eigenvalue weighted by Crippen LogP contribution is -2.13. The van der Waals surface area contributed by atoms with Gasteiger partial charge in [-0.05, 0) is 13.3 Å². The van der Waals surface area contributed by atoms with Crippen LogP contribution >= 0.6 is 0 Å². The maximum absolute atomic E-state index is 10.5. The van der Waals surface area contributed by atoms with Crippen LogP contribution in [0.1, 0.15) is 26.7 Å². The van der Waals surface area contributed by atoms with Crippen molar-refractivity contribution in [2.24, 2.45) is 0 Å². The molecule has 0 aliphatic rings. The molecule has 7 nitrogen and oxygen atoms in total. The zero-order valence-corrected chi connectivity index (χ0v) is 13.5. The second-order valence-corrected chi connectivity index (χ2v) is 3.56. The van der Waals surface area contributed by atoms with Gasteiger partial charge in [0.2, 0.25) is 0 Å². The predicted molar refractivity (Wildman–Crippen MR) is 85.3 cm³/mol. The van der Waals surface area contributed by atoms with E-state index in [1.807, 2.05) is 6.92 Å². The predicted octanol–water partition coefficient (Wildman–Crippen LogP) is 2.40. The van der Waals surface area contributed by atoms with Gasteiger partial charge in [0.15, 0.2) is 0 Å². The van der Waals surface area contributed by atoms with E-state index < -0.39 is 17.5 Å². The van der Waals surface area contributed by atoms with Crippen molar-refractivity contribution < 1.29 is 29.0 Å². The zero-order valence-electron chi connectivity index (χ0n) is 13.5. The van der Waals surface area contributed by atoms with Gasteiger partial charge in [-0.1, -0.05) is 33.1 Å². The summed E-state index contributed by atoms with van der Waals surface area (Å²) >= 11 is 0. The minimum atomic E-state index is -1.35. The van der Waals surface area contributed by atoms with E-state index in [9.17, 15) is 14.4 Å². The summed E-state index contributed by atoms with van der Waals surface area (Å²) in [7, 11) is 0. The fraction of sp³-hybridized carbons (Fsp3) is 0.375. The number of hydrogen-bond acceptors (Lipinski definition) is 6. The third kappa shape index (κ3) is 21.6. The number of nitrogens with zero attached hydrogens (tertiary/aromatic N) is 1. The number of allylic oxidation sites excluding steroid dienone is 1. The average molecular weight is 325 g/mol. The Balaban J connectivity index is -0.000000284. The van der Waals surface area contributed by atoms with Crippen LogP contribution < -0.4 is 0 Å². The molecule has 0 aromatic heterocycles. The van der Waals surface area contributed by atoms with E-state index in [1.165, 1.54) is 12.2 Å². The van der Waals surface area contributed by atoms with Crippen LogP contribution in [0.25, 0.3) is 0 Å². The molecule has 0 aromatic carbocycles. The van der Waals surface area contributed by atoms with E-state index in [-0.39, 0.29) is 12.6 Å². The van der Waals surface area contributed by atoms with Crippen molar-refractivity contribution in [1.29, 1.82) is 5.26 Å². The zero-order chi connectivity index (χ0) is 18.7. The van der Waals surface area contributed by atoms with Crippen LogP contribution in [-0.4, -0.2) is 36.2 Å². The van der Waals surface area contributed by atoms with Gasteiger partial charge < -0.3 is 14.6 Å². The second-order valence-electron chi connectivity index (χ2n) is 3.56. The van der Waals surface area contributed by atoms with E-state index >= 15 is 0 Å². The van der Waals surface area contributed by atoms with E-state index in [0.717, 1.165) is 12.8 Å². The second kappa shape index (κ2) is 19.1. The van der Waals surface area contributed by atoms with E-state index in [0.29, 0.717) is 6.61 Å². The van der Waals surface area contributed by atoms with Crippen molar-refractivity contribution in [3.05, 3.63) is 37.5 Å². The fourth-order valence-electron chi connectivity index (χ4n) is 0.682. The molecule has 0 rings (SSSR count). The van der Waals surface area contributed by atoms with Crippen molar-refractivity contribution in [2.45, 2.75) is 26.7 Å². The standard InChI is InChI=1S/C7H12O2.C6H8O4.C3H3N/c1-3-5-6-9-7(8)4-2;1-3-10-6(9)4(2)5(7)8;1-2-3-4/h4H,2-3,5-6H2,1H3;2-3H2,1H3,(H,7,8);2H,1H2. The Morgan fingerprint density at radius 2 is 1.74 bits per heavy atom. The Bertz CT molecular complexity index is 448. The highest BCUT2D eigenvalue weighted by atomic mass is 16.5. The van der Waals surface area contributed by atoms with Gasteiger partial charge in [0.05, 0.1) is 19.3 Å². The molecule has 128 valence electrons. The Hall–Kier alpha value is -2.88. The normalized spacial score (nSPS) is 7.70. The van der Waals surface area contributed by atoms with Crippen LogP contribution in [0.4, 0.5) is 0 Å². The first-order chi connectivity index (χ1) is 10.8. The molecular weight excluding hydrogens is 302 g/mol. The minimum Gasteiger partial charge on any atom is -0.477 e. The van der Waals surface area contributed by atoms with Crippen LogP contribution in [0.5, 0.6) is 0 Å². The first-order valence-corrected chi connectivity index (χ1v) is 6.71. The number of carboxylic acid groups (broad SMARTS) is 1. The molecule has 0 fully saturated rings. The number of ether oxygens (including phenoxy) is 2. The first-order valence-electron chi connectivity index (χ1n) is 6.71. The number of hydrogen-bond donors (Lipinski definition) is 1. The Morgan fingerprint density at radius 1 is 1.22 bits per heavy atom. The van der Waals surface area contributed by atoms with Gasteiger partial charge >= 0.3 is 17.9 Å². The maximum Gasteiger partial charge on any atom is 0.344 e. The number of esters is 2. The first kappa shape index (κ1) is 25.1. The van der Waals surface area contributed by atoms with Crippen LogP contribution in [-0.2, 0) is 23.9 Å². The molecule has 0 heterocycles. The lowest BCUT2D eigenvalue weighted by molar-refractivity contribution is -0.144. The van der Waals surface area contributed by atoms with Gasteiger partial charge in [-0.2, -0.15) is 5.26 Å². The van der Waals surface area contributed by atoms with Gasteiger partial charge in [0.1, 0.15) is 5.57 Å². The largest absolute Gasteiger partial charge is 0.477 e. The monoisotopic (exact) mass is 325 g/mol. The van der Waals surface area contributed by atoms with Gasteiger partial charge in [-0.15, -0.1) is 0 Å². The summed E-state index contributed by atoms with van der Waals surface area (Å²) in [6.07, 6.45) is 4.33. The number of rotatable bonds is 7. The summed E-state index contributed by atoms with van der Waals surface area (Å²) in [5.41, 5.74) is -0.540. The van der Waals surface area contributed by atoms with Crippen molar-refractivity contribution >= 4 is 17.9 Å². The van der Waals surface area contributed by atoms with Gasteiger partial charge in [-0.3, -0.25) is 0 Å². The number of carboxylic acids is 1.